The van der Waals surface area contributed by atoms with Crippen LogP contribution in [0.2, 0.25) is 0 Å². The van der Waals surface area contributed by atoms with Gasteiger partial charge in [0.25, 0.3) is 0 Å². The number of carbonyl (C=O) groups is 12. The molecule has 0 amide bonds. The lowest BCUT2D eigenvalue weighted by molar-refractivity contribution is -0.154. The van der Waals surface area contributed by atoms with Gasteiger partial charge in [-0.1, -0.05) is 300 Å². The maximum absolute atomic E-state index is 13.0. The lowest BCUT2D eigenvalue weighted by Gasteiger charge is -2.22. The van der Waals surface area contributed by atoms with Crippen LogP contribution in [-0.2, 0) is 114 Å². The number of carbonyl (C=O) groups excluding carboxylic acids is 12. The fourth-order valence-electron chi connectivity index (χ4n) is 16.0. The van der Waals surface area contributed by atoms with Crippen molar-refractivity contribution < 1.29 is 114 Å². The van der Waals surface area contributed by atoms with Gasteiger partial charge in [0.2, 0.25) is 0 Å². The molecule has 0 bridgehead atoms. The van der Waals surface area contributed by atoms with Gasteiger partial charge in [-0.05, 0) is 109 Å². The fraction of sp³-hybridized carbons (Fsp3) is 0.896. The van der Waals surface area contributed by atoms with E-state index in [1.54, 1.807) is 60.9 Å². The van der Waals surface area contributed by atoms with Crippen LogP contribution >= 0.6 is 70.6 Å². The molecule has 0 aliphatic carbocycles. The average Bonchev–Trinajstić information content (AvgIpc) is 1.10. The minimum Gasteiger partial charge on any atom is -0.462 e. The van der Waals surface area contributed by atoms with Crippen LogP contribution in [0.5, 0.6) is 0 Å². The van der Waals surface area contributed by atoms with Crippen molar-refractivity contribution in [2.45, 2.75) is 377 Å². The second kappa shape index (κ2) is 107. The van der Waals surface area contributed by atoms with E-state index in [-0.39, 0.29) is 192 Å². The molecule has 0 aromatic rings. The van der Waals surface area contributed by atoms with Crippen molar-refractivity contribution in [3.63, 3.8) is 0 Å². The van der Waals surface area contributed by atoms with Crippen LogP contribution in [0.25, 0.3) is 0 Å². The van der Waals surface area contributed by atoms with Crippen LogP contribution in [-0.4, -0.2) is 344 Å². The van der Waals surface area contributed by atoms with Gasteiger partial charge < -0.3 is 81.3 Å². The Labute approximate surface area is 935 Å². The number of rotatable bonds is 112. The van der Waals surface area contributed by atoms with Crippen molar-refractivity contribution in [1.82, 2.24) is 24.5 Å². The molecule has 0 N–H and O–H groups in total. The summed E-state index contributed by atoms with van der Waals surface area (Å²) in [5, 5.41) is 0. The maximum Gasteiger partial charge on any atom is 0.309 e. The molecule has 0 aromatic carbocycles. The summed E-state index contributed by atoms with van der Waals surface area (Å²) in [7, 11) is 5.98. The second-order valence-electron chi connectivity index (χ2n) is 40.7. The highest BCUT2D eigenvalue weighted by atomic mass is 32.2. The summed E-state index contributed by atoms with van der Waals surface area (Å²) < 4.78 is 65.3. The third-order valence-corrected chi connectivity index (χ3v) is 33.6. The molecular weight excluding hydrogens is 2030 g/mol. The Hall–Kier alpha value is -4.46. The van der Waals surface area contributed by atoms with Crippen molar-refractivity contribution in [1.29, 1.82) is 0 Å². The van der Waals surface area contributed by atoms with Gasteiger partial charge in [0.15, 0.2) is 0 Å². The molecule has 35 heteroatoms. The number of nitrogens with zero attached hydrogens (tertiary/aromatic N) is 5. The molecule has 6 unspecified atom stereocenters. The minimum absolute atomic E-state index is 0.0284. The summed E-state index contributed by atoms with van der Waals surface area (Å²) in [5.41, 5.74) is 0. The summed E-state index contributed by atoms with van der Waals surface area (Å²) >= 11 is 10.1. The molecule has 0 aliphatic heterocycles. The molecule has 150 heavy (non-hydrogen) atoms. The van der Waals surface area contributed by atoms with Crippen LogP contribution in [0.1, 0.15) is 377 Å². The number of hydrogen-bond acceptors (Lipinski definition) is 35. The van der Waals surface area contributed by atoms with E-state index in [4.69, 9.17) is 56.8 Å². The van der Waals surface area contributed by atoms with Crippen molar-refractivity contribution in [2.75, 3.05) is 248 Å². The highest BCUT2D eigenvalue weighted by molar-refractivity contribution is 8.00. The topological polar surface area (TPSA) is 332 Å². The summed E-state index contributed by atoms with van der Waals surface area (Å²) in [6.07, 6.45) is 53.5. The zero-order chi connectivity index (χ0) is 110. The molecule has 0 spiro atoms. The van der Waals surface area contributed by atoms with E-state index in [2.05, 4.69) is 49.4 Å². The zero-order valence-corrected chi connectivity index (χ0v) is 101. The Balaban J connectivity index is 4.93. The quantitative estimate of drug-likeness (QED) is 0.0310. The van der Waals surface area contributed by atoms with Crippen molar-refractivity contribution in [3.8, 4) is 0 Å². The molecule has 0 aliphatic rings. The first-order valence-corrected chi connectivity index (χ1v) is 65.5. The number of ether oxygens (including phenoxy) is 12. The van der Waals surface area contributed by atoms with E-state index >= 15 is 0 Å². The van der Waals surface area contributed by atoms with Crippen LogP contribution in [0.4, 0.5) is 0 Å². The molecule has 0 heterocycles. The Morgan fingerprint density at radius 2 is 0.320 bits per heavy atom. The molecule has 0 radical (unpaired) electrons. The van der Waals surface area contributed by atoms with Crippen molar-refractivity contribution in [2.24, 2.45) is 35.5 Å². The van der Waals surface area contributed by atoms with Crippen LogP contribution < -0.4 is 0 Å². The molecule has 0 saturated carbocycles. The van der Waals surface area contributed by atoms with Gasteiger partial charge in [0.05, 0.1) is 74.0 Å². The van der Waals surface area contributed by atoms with E-state index < -0.39 is 59.6 Å². The molecule has 29 nitrogen and oxygen atoms in total. The maximum atomic E-state index is 13.0. The van der Waals surface area contributed by atoms with Crippen molar-refractivity contribution in [3.05, 3.63) is 0 Å². The summed E-state index contributed by atoms with van der Waals surface area (Å²) in [6, 6.07) is 0. The van der Waals surface area contributed by atoms with Gasteiger partial charge in [-0.25, -0.2) is 0 Å². The second-order valence-corrected chi connectivity index (χ2v) is 47.6. The Morgan fingerprint density at radius 1 is 0.173 bits per heavy atom. The van der Waals surface area contributed by atoms with Crippen LogP contribution in [0.15, 0.2) is 0 Å². The van der Waals surface area contributed by atoms with Crippen LogP contribution in [0, 0.1) is 35.5 Å². The van der Waals surface area contributed by atoms with E-state index in [0.717, 1.165) is 87.7 Å². The normalized spacial score (nSPS) is 12.8. The molecule has 0 fully saturated rings. The summed E-state index contributed by atoms with van der Waals surface area (Å²) in [5.74, 6) is 1.96. The van der Waals surface area contributed by atoms with Gasteiger partial charge in [0, 0.05) is 98.4 Å². The third kappa shape index (κ3) is 96.8. The minimum atomic E-state index is -0.469. The summed E-state index contributed by atoms with van der Waals surface area (Å²) in [4.78, 5) is 165. The van der Waals surface area contributed by atoms with Gasteiger partial charge >= 0.3 is 71.6 Å². The first-order chi connectivity index (χ1) is 72.6. The lowest BCUT2D eigenvalue weighted by atomic mass is 10.1. The molecular formula is C115H213N5O24S6. The first-order valence-electron chi connectivity index (χ1n) is 58.6. The number of thioether (sulfide) groups is 6. The van der Waals surface area contributed by atoms with Crippen molar-refractivity contribution >= 4 is 142 Å². The van der Waals surface area contributed by atoms with Gasteiger partial charge in [-0.3, -0.25) is 57.5 Å². The van der Waals surface area contributed by atoms with Gasteiger partial charge in [0.1, 0.15) is 79.3 Å². The molecule has 0 rings (SSSR count). The fourth-order valence-corrected chi connectivity index (χ4v) is 22.3. The zero-order valence-electron chi connectivity index (χ0n) is 96.3. The molecule has 878 valence electrons. The average molecular weight is 2240 g/mol. The predicted octanol–water partition coefficient (Wildman–Crippen LogP) is 22.9. The van der Waals surface area contributed by atoms with E-state index in [1.165, 1.54) is 255 Å². The largest absolute Gasteiger partial charge is 0.462 e. The van der Waals surface area contributed by atoms with E-state index in [0.29, 0.717) is 72.2 Å². The van der Waals surface area contributed by atoms with Crippen LogP contribution in [0.3, 0.4) is 0 Å². The molecule has 0 aromatic heterocycles. The summed E-state index contributed by atoms with van der Waals surface area (Å²) in [6.45, 7) is 25.5. The Kier molecular flexibility index (Phi) is 104. The molecule has 0 saturated heterocycles. The number of esters is 12. The smallest absolute Gasteiger partial charge is 0.309 e. The number of hydrogen-bond donors (Lipinski definition) is 0. The highest BCUT2D eigenvalue weighted by Crippen LogP contribution is 2.23. The van der Waals surface area contributed by atoms with E-state index in [9.17, 15) is 57.5 Å². The SMILES string of the molecule is CCCCCCCCCCCCSCC(C)C(=O)OCCOC(=O)CCN(CCSCC(C)C(=O)OCCOC(=O)CCN(C)CCCN(C)CCCN(C)CCC(=O)OCCOC(=O)C(C)CSCCN(CCC(=O)OCCOC(=O)C(C)CSCCCCCCCCCCCC)CCC(=O)OCCOC(=O)C(C)CSCCCCCCCCCCCC)CCC(=O)OCCOC(=O)C(C)CSCCCCCCCCCCCC. The standard InChI is InChI=1S/C115H213N5O24S6/c1-14-18-22-26-30-34-38-42-46-50-86-145-92-98(5)110(127)139-82-76-135-106(123)58-68-119(69-59-107(124)136-77-83-140-111(128)99(6)93-146-87-51-47-43-39-35-31-27-23-19-15-2)72-90-149-96-102(9)114(131)143-80-74-133-104(121)56-66-117(12)64-54-62-116(11)63-55-65-118(13)67-57-105(122)134-75-81-144-115(132)103(10)97-150-91-73-120(70-60-108(125)137-78-84-141-112(129)100(7)94-147-88-52-48-44-40-36-32-28-24-20-16-3)71-61-109(126)138-79-85-142-113(130)101(8)95-148-89-53-49-45-41-37-33-29-25-21-17-4/h98-103H,14-97H2,1-13H3. The highest BCUT2D eigenvalue weighted by Gasteiger charge is 2.25. The molecule has 6 atom stereocenters. The first kappa shape index (κ1) is 146. The Morgan fingerprint density at radius 3 is 0.500 bits per heavy atom. The lowest BCUT2D eigenvalue weighted by Crippen LogP contribution is -2.32. The third-order valence-electron chi connectivity index (χ3n) is 25.9. The number of unbranched alkanes of at least 4 members (excludes halogenated alkanes) is 36. The van der Waals surface area contributed by atoms with Gasteiger partial charge in [-0.2, -0.15) is 70.6 Å². The van der Waals surface area contributed by atoms with E-state index in [1.807, 2.05) is 51.6 Å². The predicted molar refractivity (Wildman–Crippen MR) is 620 cm³/mol. The monoisotopic (exact) mass is 2240 g/mol. The Bertz CT molecular complexity index is 2950. The van der Waals surface area contributed by atoms with Gasteiger partial charge in [-0.15, -0.1) is 0 Å².